The van der Waals surface area contributed by atoms with Crippen molar-refractivity contribution in [2.45, 2.75) is 52.4 Å². The number of amides is 1. The summed E-state index contributed by atoms with van der Waals surface area (Å²) in [4.78, 5) is 24.4. The van der Waals surface area contributed by atoms with Crippen LogP contribution in [0.3, 0.4) is 0 Å². The molecule has 1 aromatic carbocycles. The van der Waals surface area contributed by atoms with Crippen molar-refractivity contribution in [2.75, 3.05) is 13.2 Å². The van der Waals surface area contributed by atoms with E-state index in [-0.39, 0.29) is 11.7 Å². The second-order valence-corrected chi connectivity index (χ2v) is 7.42. The fourth-order valence-corrected chi connectivity index (χ4v) is 2.65. The molecule has 2 rings (SSSR count). The van der Waals surface area contributed by atoms with Crippen LogP contribution in [-0.4, -0.2) is 36.7 Å². The van der Waals surface area contributed by atoms with Gasteiger partial charge in [0.1, 0.15) is 11.9 Å². The zero-order valence-electron chi connectivity index (χ0n) is 14.9. The molecule has 0 spiro atoms. The molecule has 1 aliphatic rings. The van der Waals surface area contributed by atoms with Crippen molar-refractivity contribution in [3.63, 3.8) is 0 Å². The van der Waals surface area contributed by atoms with Crippen molar-refractivity contribution >= 4 is 11.7 Å². The number of ether oxygens (including phenoxy) is 2. The Labute approximate surface area is 143 Å². The molecule has 1 saturated heterocycles. The molecular formula is C19H27NO4. The molecule has 0 aliphatic carbocycles. The van der Waals surface area contributed by atoms with Gasteiger partial charge in [-0.15, -0.1) is 0 Å². The number of nitrogens with one attached hydrogen (secondary N) is 1. The molecule has 0 radical (unpaired) electrons. The van der Waals surface area contributed by atoms with Gasteiger partial charge in [-0.1, -0.05) is 44.2 Å². The van der Waals surface area contributed by atoms with Crippen LogP contribution in [0.15, 0.2) is 30.3 Å². The molecule has 1 N–H and O–H groups in total. The summed E-state index contributed by atoms with van der Waals surface area (Å²) in [6, 6.07) is 9.60. The predicted molar refractivity (Wildman–Crippen MR) is 91.5 cm³/mol. The third kappa shape index (κ3) is 5.14. The van der Waals surface area contributed by atoms with Crippen molar-refractivity contribution in [2.24, 2.45) is 5.41 Å². The van der Waals surface area contributed by atoms with E-state index >= 15 is 0 Å². The van der Waals surface area contributed by atoms with Gasteiger partial charge in [-0.3, -0.25) is 9.59 Å². The molecule has 5 heteroatoms. The molecule has 0 bridgehead atoms. The quantitative estimate of drug-likeness (QED) is 0.869. The van der Waals surface area contributed by atoms with Crippen LogP contribution >= 0.6 is 0 Å². The first-order chi connectivity index (χ1) is 11.2. The lowest BCUT2D eigenvalue weighted by atomic mass is 9.85. The Morgan fingerprint density at radius 1 is 1.17 bits per heavy atom. The average molecular weight is 333 g/mol. The van der Waals surface area contributed by atoms with E-state index in [2.05, 4.69) is 5.32 Å². The molecule has 1 amide bonds. The summed E-state index contributed by atoms with van der Waals surface area (Å²) in [7, 11) is 0. The first-order valence-corrected chi connectivity index (χ1v) is 8.35. The fourth-order valence-electron chi connectivity index (χ4n) is 2.65. The largest absolute Gasteiger partial charge is 0.353 e. The van der Waals surface area contributed by atoms with Crippen LogP contribution in [0, 0.1) is 5.41 Å². The van der Waals surface area contributed by atoms with Crippen LogP contribution < -0.4 is 5.32 Å². The summed E-state index contributed by atoms with van der Waals surface area (Å²) < 4.78 is 11.4. The molecule has 0 saturated carbocycles. The summed E-state index contributed by atoms with van der Waals surface area (Å²) >= 11 is 0. The molecular weight excluding hydrogens is 306 g/mol. The van der Waals surface area contributed by atoms with Crippen LogP contribution in [0.2, 0.25) is 0 Å². The molecule has 1 aliphatic heterocycles. The maximum Gasteiger partial charge on any atom is 0.249 e. The lowest BCUT2D eigenvalue weighted by Crippen LogP contribution is -2.56. The lowest BCUT2D eigenvalue weighted by molar-refractivity contribution is -0.304. The summed E-state index contributed by atoms with van der Waals surface area (Å²) in [6.07, 6.45) is 0.113. The van der Waals surface area contributed by atoms with E-state index in [0.717, 1.165) is 5.56 Å². The van der Waals surface area contributed by atoms with Crippen LogP contribution in [0.5, 0.6) is 0 Å². The van der Waals surface area contributed by atoms with Gasteiger partial charge < -0.3 is 14.8 Å². The van der Waals surface area contributed by atoms with Crippen LogP contribution in [0.4, 0.5) is 0 Å². The summed E-state index contributed by atoms with van der Waals surface area (Å²) in [6.45, 7) is 8.24. The van der Waals surface area contributed by atoms with Gasteiger partial charge in [0.25, 0.3) is 0 Å². The van der Waals surface area contributed by atoms with Gasteiger partial charge in [0.05, 0.1) is 6.61 Å². The number of rotatable bonds is 6. The molecule has 5 nitrogen and oxygen atoms in total. The highest BCUT2D eigenvalue weighted by Crippen LogP contribution is 2.34. The number of carbonyl (C=O) groups is 2. The number of ketones is 1. The van der Waals surface area contributed by atoms with Gasteiger partial charge in [-0.25, -0.2) is 0 Å². The normalized spacial score (nSPS) is 21.9. The van der Waals surface area contributed by atoms with Crippen molar-refractivity contribution in [3.05, 3.63) is 35.9 Å². The van der Waals surface area contributed by atoms with E-state index in [1.807, 2.05) is 44.2 Å². The van der Waals surface area contributed by atoms with Gasteiger partial charge in [-0.2, -0.15) is 0 Å². The number of Topliss-reactive ketones (excluding diaryl/α,β-unsaturated/α-hetero) is 1. The van der Waals surface area contributed by atoms with Crippen molar-refractivity contribution in [1.29, 1.82) is 0 Å². The van der Waals surface area contributed by atoms with Gasteiger partial charge in [-0.05, 0) is 19.4 Å². The molecule has 1 heterocycles. The van der Waals surface area contributed by atoms with Gasteiger partial charge in [0.2, 0.25) is 5.91 Å². The van der Waals surface area contributed by atoms with Crippen LogP contribution in [0.1, 0.15) is 39.7 Å². The third-order valence-electron chi connectivity index (χ3n) is 4.09. The Kier molecular flexibility index (Phi) is 5.78. The molecule has 24 heavy (non-hydrogen) atoms. The molecule has 1 unspecified atom stereocenters. The first-order valence-electron chi connectivity index (χ1n) is 8.35. The topological polar surface area (TPSA) is 64.6 Å². The lowest BCUT2D eigenvalue weighted by Gasteiger charge is -2.44. The Hall–Kier alpha value is -1.72. The Morgan fingerprint density at radius 2 is 1.83 bits per heavy atom. The van der Waals surface area contributed by atoms with Crippen molar-refractivity contribution in [3.8, 4) is 0 Å². The zero-order valence-corrected chi connectivity index (χ0v) is 14.9. The van der Waals surface area contributed by atoms with Crippen LogP contribution in [0.25, 0.3) is 0 Å². The third-order valence-corrected chi connectivity index (χ3v) is 4.09. The predicted octanol–water partition coefficient (Wildman–Crippen LogP) is 2.48. The first kappa shape index (κ1) is 18.6. The van der Waals surface area contributed by atoms with E-state index in [4.69, 9.17) is 9.47 Å². The maximum absolute atomic E-state index is 12.4. The summed E-state index contributed by atoms with van der Waals surface area (Å²) in [5.41, 5.74) is 0.581. The van der Waals surface area contributed by atoms with E-state index in [1.54, 1.807) is 13.8 Å². The van der Waals surface area contributed by atoms with Gasteiger partial charge in [0, 0.05) is 24.8 Å². The van der Waals surface area contributed by atoms with E-state index < -0.39 is 17.3 Å². The van der Waals surface area contributed by atoms with Crippen molar-refractivity contribution in [1.82, 2.24) is 5.32 Å². The smallest absolute Gasteiger partial charge is 0.249 e. The van der Waals surface area contributed by atoms with Crippen LogP contribution in [-0.2, 0) is 25.5 Å². The minimum atomic E-state index is -0.777. The Bertz CT molecular complexity index is 580. The minimum absolute atomic E-state index is 0.106. The molecule has 132 valence electrons. The molecule has 0 aromatic heterocycles. The van der Waals surface area contributed by atoms with Crippen molar-refractivity contribution < 1.29 is 19.1 Å². The average Bonchev–Trinajstić information content (AvgIpc) is 2.51. The van der Waals surface area contributed by atoms with E-state index in [9.17, 15) is 9.59 Å². The summed E-state index contributed by atoms with van der Waals surface area (Å²) in [5.74, 6) is -0.862. The second kappa shape index (κ2) is 7.45. The number of hydrogen-bond donors (Lipinski definition) is 1. The monoisotopic (exact) mass is 333 g/mol. The highest BCUT2D eigenvalue weighted by Gasteiger charge is 2.45. The highest BCUT2D eigenvalue weighted by atomic mass is 16.7. The minimum Gasteiger partial charge on any atom is -0.353 e. The Balaban J connectivity index is 1.81. The number of benzene rings is 1. The zero-order chi connectivity index (χ0) is 17.8. The second-order valence-electron chi connectivity index (χ2n) is 7.42. The number of carbonyl (C=O) groups excluding carboxylic acids is 2. The molecule has 1 aromatic rings. The fraction of sp³-hybridized carbons (Fsp3) is 0.579. The molecule has 1 atom stereocenters. The van der Waals surface area contributed by atoms with E-state index in [0.29, 0.717) is 26.0 Å². The van der Waals surface area contributed by atoms with Gasteiger partial charge in [0.15, 0.2) is 5.79 Å². The SMILES string of the molecule is CC1(C)OCC(C)(C)C(C(=O)NCCC(=O)Cc2ccccc2)O1. The highest BCUT2D eigenvalue weighted by molar-refractivity contribution is 5.84. The standard InChI is InChI=1S/C19H27NO4/c1-18(2)13-23-19(3,4)24-16(18)17(22)20-11-10-15(21)12-14-8-6-5-7-9-14/h5-9,16H,10-13H2,1-4H3,(H,20,22). The summed E-state index contributed by atoms with van der Waals surface area (Å²) in [5, 5.41) is 2.82. The van der Waals surface area contributed by atoms with E-state index in [1.165, 1.54) is 0 Å². The van der Waals surface area contributed by atoms with Gasteiger partial charge >= 0.3 is 0 Å². The molecule has 1 fully saturated rings. The Morgan fingerprint density at radius 3 is 2.50 bits per heavy atom. The number of hydrogen-bond acceptors (Lipinski definition) is 4. The maximum atomic E-state index is 12.4.